The van der Waals surface area contributed by atoms with Crippen LogP contribution < -0.4 is 0 Å². The summed E-state index contributed by atoms with van der Waals surface area (Å²) in [5.74, 6) is 1.38. The van der Waals surface area contributed by atoms with E-state index in [1.165, 1.54) is 0 Å². The van der Waals surface area contributed by atoms with E-state index in [1.807, 2.05) is 72.8 Å². The molecule has 0 saturated heterocycles. The first-order valence-corrected chi connectivity index (χ1v) is 32.4. The van der Waals surface area contributed by atoms with E-state index in [-0.39, 0.29) is 0 Å². The van der Waals surface area contributed by atoms with E-state index >= 15 is 0 Å². The lowest BCUT2D eigenvalue weighted by atomic mass is 9.99. The predicted molar refractivity (Wildman–Crippen MR) is 400 cm³/mol. The van der Waals surface area contributed by atoms with Gasteiger partial charge in [0.25, 0.3) is 0 Å². The second-order valence-corrected chi connectivity index (χ2v) is 24.4. The third kappa shape index (κ3) is 10.6. The summed E-state index contributed by atoms with van der Waals surface area (Å²) in [5.41, 5.74) is 24.4. The first-order chi connectivity index (χ1) is 48.4. The van der Waals surface area contributed by atoms with Gasteiger partial charge in [0.15, 0.2) is 28.8 Å². The minimum absolute atomic E-state index is 0.453. The van der Waals surface area contributed by atoms with E-state index in [0.717, 1.165) is 150 Å². The molecule has 14 aromatic carbocycles. The van der Waals surface area contributed by atoms with Gasteiger partial charge in [-0.05, 0) is 163 Å². The Morgan fingerprint density at radius 1 is 0.255 bits per heavy atom. The van der Waals surface area contributed by atoms with Crippen LogP contribution in [0.25, 0.3) is 177 Å². The highest BCUT2D eigenvalue weighted by atomic mass is 15.1. The summed E-state index contributed by atoms with van der Waals surface area (Å²) in [7, 11) is 0. The maximum absolute atomic E-state index is 9.96. The number of hydrogen-bond acceptors (Lipinski definition) is 4. The minimum Gasteiger partial charge on any atom is -0.308 e. The molecule has 17 rings (SSSR count). The molecule has 0 unspecified atom stereocenters. The summed E-state index contributed by atoms with van der Waals surface area (Å²) >= 11 is 0. The average Bonchev–Trinajstić information content (AvgIpc) is 1.60. The van der Waals surface area contributed by atoms with E-state index in [4.69, 9.17) is 28.1 Å². The van der Waals surface area contributed by atoms with Gasteiger partial charge in [-0.2, -0.15) is 5.26 Å². The van der Waals surface area contributed by atoms with Gasteiger partial charge in [-0.25, -0.2) is 24.6 Å². The molecule has 0 aliphatic rings. The van der Waals surface area contributed by atoms with Gasteiger partial charge in [-0.1, -0.05) is 243 Å². The van der Waals surface area contributed by atoms with Crippen LogP contribution in [-0.4, -0.2) is 24.1 Å². The zero-order chi connectivity index (χ0) is 65.6. The highest BCUT2D eigenvalue weighted by Crippen LogP contribution is 2.45. The molecule has 0 bridgehead atoms. The van der Waals surface area contributed by atoms with Gasteiger partial charge in [0.2, 0.25) is 0 Å². The third-order valence-corrected chi connectivity index (χ3v) is 18.7. The minimum atomic E-state index is 0.453. The number of benzene rings is 14. The Bertz CT molecular complexity index is 5560. The molecule has 0 atom stereocenters. The van der Waals surface area contributed by atoms with Gasteiger partial charge < -0.3 is 9.13 Å². The highest BCUT2D eigenvalue weighted by Gasteiger charge is 2.25. The Morgan fingerprint density at radius 3 is 0.837 bits per heavy atom. The molecule has 0 fully saturated rings. The molecule has 0 aliphatic carbocycles. The van der Waals surface area contributed by atoms with Crippen molar-refractivity contribution in [2.45, 2.75) is 0 Å². The van der Waals surface area contributed by atoms with Crippen molar-refractivity contribution < 1.29 is 0 Å². The summed E-state index contributed by atoms with van der Waals surface area (Å²) in [6.45, 7) is 15.4. The van der Waals surface area contributed by atoms with Crippen molar-refractivity contribution in [1.82, 2.24) is 24.1 Å². The van der Waals surface area contributed by atoms with Crippen LogP contribution in [0.2, 0.25) is 0 Å². The van der Waals surface area contributed by atoms with Gasteiger partial charge in [0.1, 0.15) is 0 Å². The van der Waals surface area contributed by atoms with Crippen LogP contribution in [0.5, 0.6) is 0 Å². The van der Waals surface area contributed by atoms with Crippen LogP contribution >= 0.6 is 0 Å². The second kappa shape index (κ2) is 24.6. The molecule has 0 radical (unpaired) electrons. The van der Waals surface area contributed by atoms with Gasteiger partial charge in [0, 0.05) is 38.2 Å². The van der Waals surface area contributed by atoms with Crippen molar-refractivity contribution in [1.29, 1.82) is 5.26 Å². The van der Waals surface area contributed by atoms with Gasteiger partial charge >= 0.3 is 0 Å². The SMILES string of the molecule is [C-]#[N+]c1ccc(-c2ccc(-c3nc(-c4ccc(-c5ccc(C#N)cc5)cc4-n4c5ccc(-c6ccccc6)cc5c5cc(-c6ccccc6)ccc54)nc(-c4ccc(-c5ccc([N+]#[C-])cc5)cc4-n4c5ccc(-c6ccccc6)cc5c5cc(-c6ccccc6)ccc54)n3)cc2)cc1. The van der Waals surface area contributed by atoms with Crippen LogP contribution in [-0.2, 0) is 0 Å². The quantitative estimate of drug-likeness (QED) is 0.114. The molecule has 0 amide bonds. The lowest BCUT2D eigenvalue weighted by molar-refractivity contribution is 1.06. The van der Waals surface area contributed by atoms with E-state index in [1.54, 1.807) is 0 Å². The summed E-state index contributed by atoms with van der Waals surface area (Å²) < 4.78 is 4.72. The average molecular weight is 1250 g/mol. The van der Waals surface area contributed by atoms with Gasteiger partial charge in [-0.15, -0.1) is 0 Å². The van der Waals surface area contributed by atoms with Crippen LogP contribution in [0, 0.1) is 24.5 Å². The topological polar surface area (TPSA) is 81.0 Å². The number of rotatable bonds is 12. The molecule has 17 aromatic rings. The summed E-state index contributed by atoms with van der Waals surface area (Å²) in [4.78, 5) is 24.4. The highest BCUT2D eigenvalue weighted by molar-refractivity contribution is 6.14. The smallest absolute Gasteiger partial charge is 0.187 e. The number of fused-ring (bicyclic) bond motifs is 6. The lowest BCUT2D eigenvalue weighted by Gasteiger charge is -2.18. The Labute approximate surface area is 566 Å². The summed E-state index contributed by atoms with van der Waals surface area (Å²) in [6.07, 6.45) is 0. The molecule has 3 aromatic heterocycles. The van der Waals surface area contributed by atoms with Crippen molar-refractivity contribution in [2.75, 3.05) is 0 Å². The predicted octanol–water partition coefficient (Wildman–Crippen LogP) is 23.7. The molecular weight excluding hydrogens is 1190 g/mol. The summed E-state index contributed by atoms with van der Waals surface area (Å²) in [5, 5.41) is 14.3. The largest absolute Gasteiger partial charge is 0.308 e. The number of nitriles is 1. The van der Waals surface area contributed by atoms with Crippen molar-refractivity contribution in [2.24, 2.45) is 0 Å². The van der Waals surface area contributed by atoms with E-state index in [2.05, 4.69) is 280 Å². The maximum Gasteiger partial charge on any atom is 0.187 e. The number of nitrogens with zero attached hydrogens (tertiary/aromatic N) is 8. The fraction of sp³-hybridized carbons (Fsp3) is 0. The molecular formula is C90H54N8. The molecule has 0 saturated carbocycles. The zero-order valence-corrected chi connectivity index (χ0v) is 52.8. The van der Waals surface area contributed by atoms with Crippen LogP contribution in [0.4, 0.5) is 11.4 Å². The molecule has 0 N–H and O–H groups in total. The molecule has 8 heteroatoms. The van der Waals surface area contributed by atoms with E-state index < -0.39 is 0 Å². The first-order valence-electron chi connectivity index (χ1n) is 32.4. The monoisotopic (exact) mass is 1250 g/mol. The van der Waals surface area contributed by atoms with Crippen LogP contribution in [0.1, 0.15) is 5.56 Å². The lowest BCUT2D eigenvalue weighted by Crippen LogP contribution is -2.06. The maximum atomic E-state index is 9.96. The Balaban J connectivity index is 0.947. The molecule has 0 spiro atoms. The fourth-order valence-electron chi connectivity index (χ4n) is 13.7. The van der Waals surface area contributed by atoms with Crippen LogP contribution in [0.15, 0.2) is 328 Å². The van der Waals surface area contributed by atoms with E-state index in [9.17, 15) is 5.26 Å². The third-order valence-electron chi connectivity index (χ3n) is 18.7. The van der Waals surface area contributed by atoms with Gasteiger partial charge in [-0.3, -0.25) is 0 Å². The molecule has 8 nitrogen and oxygen atoms in total. The summed E-state index contributed by atoms with van der Waals surface area (Å²) in [6, 6.07) is 116. The number of hydrogen-bond donors (Lipinski definition) is 0. The zero-order valence-electron chi connectivity index (χ0n) is 52.8. The Morgan fingerprint density at radius 2 is 0.510 bits per heavy atom. The van der Waals surface area contributed by atoms with Crippen molar-refractivity contribution in [3.63, 3.8) is 0 Å². The molecule has 98 heavy (non-hydrogen) atoms. The van der Waals surface area contributed by atoms with Crippen molar-refractivity contribution in [3.8, 4) is 129 Å². The van der Waals surface area contributed by atoms with E-state index in [0.29, 0.717) is 34.4 Å². The fourth-order valence-corrected chi connectivity index (χ4v) is 13.7. The molecule has 3 heterocycles. The van der Waals surface area contributed by atoms with Crippen molar-refractivity contribution in [3.05, 3.63) is 356 Å². The number of aromatic nitrogens is 5. The van der Waals surface area contributed by atoms with Crippen LogP contribution in [0.3, 0.4) is 0 Å². The Kier molecular flexibility index (Phi) is 14.5. The molecule has 0 aliphatic heterocycles. The standard InChI is InChI=1S/C90H54N8/c1-92-74-41-31-64(32-42-74)63-27-29-67(30-28-63)88-94-89(76-45-35-72(65-25-23-58(57-91)24-26-65)55-86(76)97-82-47-37-68(59-15-7-3-8-16-59)51-78(82)79-52-69(38-48-83(79)97)60-17-9-4-10-18-60)96-90(95-88)77-46-36-73(66-33-43-75(93-2)44-34-66)56-87(77)98-84-49-39-70(61-19-11-5-12-20-61)53-80(84)81-54-71(40-50-85(81)98)62-21-13-6-14-22-62/h3-56H. The Hall–Kier alpha value is -13.8. The second-order valence-electron chi connectivity index (χ2n) is 24.4. The van der Waals surface area contributed by atoms with Gasteiger partial charge in [0.05, 0.1) is 58.2 Å². The van der Waals surface area contributed by atoms with Crippen molar-refractivity contribution >= 4 is 55.0 Å². The molecule has 454 valence electrons. The normalized spacial score (nSPS) is 11.2. The first kappa shape index (κ1) is 58.0.